The lowest BCUT2D eigenvalue weighted by molar-refractivity contribution is -0.121. The Morgan fingerprint density at radius 3 is 2.61 bits per heavy atom. The number of thioether (sulfide) groups is 1. The number of carbonyl (C=O) groups excluding carboxylic acids is 1. The van der Waals surface area contributed by atoms with E-state index in [0.29, 0.717) is 23.5 Å². The fourth-order valence-corrected chi connectivity index (χ4v) is 4.77. The maximum atomic E-state index is 12.5. The molecule has 2 saturated carbocycles. The van der Waals surface area contributed by atoms with E-state index in [1.807, 2.05) is 25.1 Å². The third kappa shape index (κ3) is 3.60. The Morgan fingerprint density at radius 2 is 2.00 bits per heavy atom. The quantitative estimate of drug-likeness (QED) is 0.809. The van der Waals surface area contributed by atoms with Gasteiger partial charge in [-0.2, -0.15) is 0 Å². The second-order valence-electron chi connectivity index (χ2n) is 6.57. The van der Waals surface area contributed by atoms with E-state index in [0.717, 1.165) is 10.8 Å². The number of nitrogens with one attached hydrogen (secondary N) is 1. The summed E-state index contributed by atoms with van der Waals surface area (Å²) in [5, 5.41) is 3.15. The smallest absolute Gasteiger partial charge is 0.233 e. The average molecular weight is 335 g/mol. The molecule has 1 aromatic rings. The van der Waals surface area contributed by atoms with E-state index in [4.69, 9.17) is 9.47 Å². The Morgan fingerprint density at radius 1 is 1.22 bits per heavy atom. The average Bonchev–Trinajstić information content (AvgIpc) is 3.17. The number of methoxy groups -OCH3 is 2. The van der Waals surface area contributed by atoms with Crippen molar-refractivity contribution in [1.82, 2.24) is 5.32 Å². The molecule has 2 aliphatic carbocycles. The lowest BCUT2D eigenvalue weighted by Crippen LogP contribution is -2.42. The number of carbonyl (C=O) groups is 1. The lowest BCUT2D eigenvalue weighted by Gasteiger charge is -2.24. The molecular formula is C18H25NO3S. The van der Waals surface area contributed by atoms with Crippen molar-refractivity contribution in [2.75, 3.05) is 14.2 Å². The summed E-state index contributed by atoms with van der Waals surface area (Å²) >= 11 is 1.56. The van der Waals surface area contributed by atoms with Crippen molar-refractivity contribution < 1.29 is 14.3 Å². The van der Waals surface area contributed by atoms with Crippen LogP contribution in [-0.2, 0) is 4.79 Å². The minimum Gasteiger partial charge on any atom is -0.493 e. The molecule has 2 bridgehead atoms. The molecule has 0 aliphatic heterocycles. The van der Waals surface area contributed by atoms with Gasteiger partial charge >= 0.3 is 0 Å². The predicted molar refractivity (Wildman–Crippen MR) is 92.2 cm³/mol. The molecule has 0 saturated heterocycles. The molecule has 1 aromatic carbocycles. The lowest BCUT2D eigenvalue weighted by atomic mass is 9.95. The zero-order valence-corrected chi connectivity index (χ0v) is 14.8. The number of ether oxygens (including phenoxy) is 2. The van der Waals surface area contributed by atoms with E-state index in [2.05, 4.69) is 5.32 Å². The van der Waals surface area contributed by atoms with Crippen molar-refractivity contribution in [2.45, 2.75) is 48.8 Å². The van der Waals surface area contributed by atoms with Crippen LogP contribution in [0.2, 0.25) is 0 Å². The van der Waals surface area contributed by atoms with Crippen molar-refractivity contribution in [3.63, 3.8) is 0 Å². The second kappa shape index (κ2) is 7.04. The molecule has 5 heteroatoms. The number of hydrogen-bond acceptors (Lipinski definition) is 4. The van der Waals surface area contributed by atoms with E-state index in [1.54, 1.807) is 26.0 Å². The van der Waals surface area contributed by atoms with Gasteiger partial charge in [-0.25, -0.2) is 0 Å². The van der Waals surface area contributed by atoms with Crippen LogP contribution in [0, 0.1) is 11.8 Å². The molecule has 0 heterocycles. The molecular weight excluding hydrogens is 310 g/mol. The Hall–Kier alpha value is -1.36. The molecule has 0 unspecified atom stereocenters. The maximum absolute atomic E-state index is 12.5. The van der Waals surface area contributed by atoms with Gasteiger partial charge in [-0.05, 0) is 56.2 Å². The Labute approximate surface area is 142 Å². The Kier molecular flexibility index (Phi) is 5.05. The third-order valence-electron chi connectivity index (χ3n) is 5.10. The highest BCUT2D eigenvalue weighted by molar-refractivity contribution is 8.00. The first-order valence-electron chi connectivity index (χ1n) is 8.29. The van der Waals surface area contributed by atoms with Crippen LogP contribution < -0.4 is 14.8 Å². The van der Waals surface area contributed by atoms with E-state index in [9.17, 15) is 4.79 Å². The number of fused-ring (bicyclic) bond motifs is 2. The van der Waals surface area contributed by atoms with Gasteiger partial charge in [-0.15, -0.1) is 11.8 Å². The molecule has 0 spiro atoms. The number of benzene rings is 1. The predicted octanol–water partition coefficient (Wildman–Crippen LogP) is 3.49. The fraction of sp³-hybridized carbons (Fsp3) is 0.611. The van der Waals surface area contributed by atoms with Crippen LogP contribution in [0.4, 0.5) is 0 Å². The van der Waals surface area contributed by atoms with Gasteiger partial charge in [0.2, 0.25) is 5.91 Å². The molecule has 3 rings (SSSR count). The van der Waals surface area contributed by atoms with E-state index in [1.165, 1.54) is 25.7 Å². The van der Waals surface area contributed by atoms with Crippen LogP contribution in [0.3, 0.4) is 0 Å². The SMILES string of the molecule is COc1ccc(S[C@@H](C)C(=O)N[C@H]2C[C@@H]3CC[C@@H]2C3)cc1OC. The fourth-order valence-electron chi connectivity index (χ4n) is 3.87. The van der Waals surface area contributed by atoms with Crippen LogP contribution in [-0.4, -0.2) is 31.4 Å². The summed E-state index contributed by atoms with van der Waals surface area (Å²) in [6.07, 6.45) is 5.12. The minimum atomic E-state index is -0.118. The number of rotatable bonds is 6. The summed E-state index contributed by atoms with van der Waals surface area (Å²) in [4.78, 5) is 13.5. The van der Waals surface area contributed by atoms with Crippen molar-refractivity contribution in [1.29, 1.82) is 0 Å². The summed E-state index contributed by atoms with van der Waals surface area (Å²) in [6, 6.07) is 6.16. The summed E-state index contributed by atoms with van der Waals surface area (Å²) in [5.41, 5.74) is 0. The summed E-state index contributed by atoms with van der Waals surface area (Å²) in [6.45, 7) is 1.96. The standard InChI is InChI=1S/C18H25NO3S/c1-11(18(20)19-15-9-12-4-5-13(15)8-12)23-14-6-7-16(21-2)17(10-14)22-3/h6-7,10-13,15H,4-5,8-9H2,1-3H3,(H,19,20)/t11-,12+,13+,15-/m0/s1. The highest BCUT2D eigenvalue weighted by atomic mass is 32.2. The molecule has 4 atom stereocenters. The summed E-state index contributed by atoms with van der Waals surface area (Å²) in [7, 11) is 3.24. The number of hydrogen-bond donors (Lipinski definition) is 1. The first-order chi connectivity index (χ1) is 11.1. The van der Waals surface area contributed by atoms with Gasteiger partial charge < -0.3 is 14.8 Å². The Bertz CT molecular complexity index is 577. The monoisotopic (exact) mass is 335 g/mol. The highest BCUT2D eigenvalue weighted by Gasteiger charge is 2.40. The maximum Gasteiger partial charge on any atom is 0.233 e. The molecule has 23 heavy (non-hydrogen) atoms. The largest absolute Gasteiger partial charge is 0.493 e. The van der Waals surface area contributed by atoms with E-state index in [-0.39, 0.29) is 11.2 Å². The highest BCUT2D eigenvalue weighted by Crippen LogP contribution is 2.44. The van der Waals surface area contributed by atoms with E-state index >= 15 is 0 Å². The molecule has 0 aromatic heterocycles. The molecule has 4 nitrogen and oxygen atoms in total. The number of amides is 1. The van der Waals surface area contributed by atoms with E-state index < -0.39 is 0 Å². The van der Waals surface area contributed by atoms with Crippen molar-refractivity contribution in [3.8, 4) is 11.5 Å². The first-order valence-corrected chi connectivity index (χ1v) is 9.17. The van der Waals surface area contributed by atoms with Crippen molar-refractivity contribution in [3.05, 3.63) is 18.2 Å². The molecule has 1 amide bonds. The zero-order valence-electron chi connectivity index (χ0n) is 14.0. The summed E-state index contributed by atoms with van der Waals surface area (Å²) in [5.74, 6) is 3.10. The minimum absolute atomic E-state index is 0.118. The van der Waals surface area contributed by atoms with Gasteiger partial charge in [-0.3, -0.25) is 4.79 Å². The van der Waals surface area contributed by atoms with Crippen LogP contribution >= 0.6 is 11.8 Å². The van der Waals surface area contributed by atoms with Crippen LogP contribution in [0.15, 0.2) is 23.1 Å². The molecule has 0 radical (unpaired) electrons. The van der Waals surface area contributed by atoms with Gasteiger partial charge in [0.1, 0.15) is 0 Å². The first kappa shape index (κ1) is 16.5. The van der Waals surface area contributed by atoms with Gasteiger partial charge in [0, 0.05) is 10.9 Å². The Balaban J connectivity index is 1.58. The van der Waals surface area contributed by atoms with Crippen LogP contribution in [0.5, 0.6) is 11.5 Å². The van der Waals surface area contributed by atoms with Gasteiger partial charge in [0.05, 0.1) is 19.5 Å². The molecule has 126 valence electrons. The summed E-state index contributed by atoms with van der Waals surface area (Å²) < 4.78 is 10.6. The topological polar surface area (TPSA) is 47.6 Å². The molecule has 2 aliphatic rings. The van der Waals surface area contributed by atoms with Gasteiger partial charge in [-0.1, -0.05) is 6.42 Å². The van der Waals surface area contributed by atoms with Crippen molar-refractivity contribution in [2.24, 2.45) is 11.8 Å². The normalized spacial score (nSPS) is 26.8. The molecule has 2 fully saturated rings. The van der Waals surface area contributed by atoms with Crippen LogP contribution in [0.25, 0.3) is 0 Å². The van der Waals surface area contributed by atoms with Crippen molar-refractivity contribution >= 4 is 17.7 Å². The molecule has 1 N–H and O–H groups in total. The third-order valence-corrected chi connectivity index (χ3v) is 6.20. The van der Waals surface area contributed by atoms with Gasteiger partial charge in [0.15, 0.2) is 11.5 Å². The second-order valence-corrected chi connectivity index (χ2v) is 7.98. The van der Waals surface area contributed by atoms with Crippen LogP contribution in [0.1, 0.15) is 32.6 Å². The van der Waals surface area contributed by atoms with Gasteiger partial charge in [0.25, 0.3) is 0 Å². The zero-order chi connectivity index (χ0) is 16.4.